The largest absolute Gasteiger partial charge is 0.454 e. The summed E-state index contributed by atoms with van der Waals surface area (Å²) >= 11 is 3.38. The van der Waals surface area contributed by atoms with Crippen molar-refractivity contribution in [2.75, 3.05) is 33.0 Å². The molecule has 0 saturated carbocycles. The van der Waals surface area contributed by atoms with Gasteiger partial charge in [-0.2, -0.15) is 0 Å². The van der Waals surface area contributed by atoms with Gasteiger partial charge in [0.1, 0.15) is 4.34 Å². The predicted octanol–water partition coefficient (Wildman–Crippen LogP) is 4.67. The fourth-order valence-corrected chi connectivity index (χ4v) is 6.16. The number of aromatic nitrogens is 1. The van der Waals surface area contributed by atoms with E-state index in [1.807, 2.05) is 16.3 Å². The van der Waals surface area contributed by atoms with Crippen molar-refractivity contribution >= 4 is 29.0 Å². The van der Waals surface area contributed by atoms with Crippen LogP contribution in [0.5, 0.6) is 11.5 Å². The molecule has 0 unspecified atom stereocenters. The van der Waals surface area contributed by atoms with Crippen LogP contribution in [0.3, 0.4) is 0 Å². The van der Waals surface area contributed by atoms with Gasteiger partial charge in [-0.1, -0.05) is 41.6 Å². The molecule has 3 aromatic rings. The van der Waals surface area contributed by atoms with Gasteiger partial charge < -0.3 is 14.4 Å². The molecule has 0 radical (unpaired) electrons. The molecular formula is C26H29N3O3S2. The number of hydrogen-bond donors (Lipinski definition) is 0. The summed E-state index contributed by atoms with van der Waals surface area (Å²) in [7, 11) is 0. The summed E-state index contributed by atoms with van der Waals surface area (Å²) in [6, 6.07) is 12.7. The van der Waals surface area contributed by atoms with Gasteiger partial charge in [0.25, 0.3) is 0 Å². The molecule has 3 heterocycles. The number of carbonyl (C=O) groups excluding carboxylic acids is 1. The maximum absolute atomic E-state index is 12.9. The highest BCUT2D eigenvalue weighted by Crippen LogP contribution is 2.33. The van der Waals surface area contributed by atoms with Crippen molar-refractivity contribution in [3.05, 3.63) is 69.7 Å². The maximum Gasteiger partial charge on any atom is 0.231 e. The first-order valence-electron chi connectivity index (χ1n) is 11.6. The maximum atomic E-state index is 12.9. The summed E-state index contributed by atoms with van der Waals surface area (Å²) in [5, 5.41) is 2.03. The molecule has 0 aliphatic carbocycles. The zero-order valence-corrected chi connectivity index (χ0v) is 21.2. The van der Waals surface area contributed by atoms with Gasteiger partial charge in [0.15, 0.2) is 11.5 Å². The molecule has 0 spiro atoms. The molecule has 1 saturated heterocycles. The summed E-state index contributed by atoms with van der Waals surface area (Å²) in [5.41, 5.74) is 6.01. The molecule has 0 bridgehead atoms. The minimum atomic E-state index is 0.166. The molecule has 0 N–H and O–H groups in total. The number of ether oxygens (including phenoxy) is 2. The smallest absolute Gasteiger partial charge is 0.231 e. The standard InChI is InChI=1S/C26H29N3O3S2/c1-18-3-4-19(2)21(11-18)15-33-26-27-22(16-34-26)13-25(30)29-9-7-28(8-10-29)14-20-5-6-23-24(12-20)32-17-31-23/h3-6,11-12,16H,7-10,13-15,17H2,1-2H3. The van der Waals surface area contributed by atoms with E-state index < -0.39 is 0 Å². The van der Waals surface area contributed by atoms with E-state index in [1.165, 1.54) is 22.3 Å². The first-order valence-corrected chi connectivity index (χ1v) is 13.4. The highest BCUT2D eigenvalue weighted by molar-refractivity contribution is 8.00. The lowest BCUT2D eigenvalue weighted by Crippen LogP contribution is -2.48. The second-order valence-corrected chi connectivity index (χ2v) is 10.9. The number of carbonyl (C=O) groups is 1. The van der Waals surface area contributed by atoms with Crippen LogP contribution >= 0.6 is 23.1 Å². The molecule has 2 aromatic carbocycles. The second kappa shape index (κ2) is 10.4. The lowest BCUT2D eigenvalue weighted by molar-refractivity contribution is -0.132. The Bertz CT molecular complexity index is 1170. The van der Waals surface area contributed by atoms with Gasteiger partial charge in [0.2, 0.25) is 12.7 Å². The molecule has 2 aliphatic heterocycles. The number of hydrogen-bond acceptors (Lipinski definition) is 7. The number of amides is 1. The Balaban J connectivity index is 1.08. The van der Waals surface area contributed by atoms with E-state index >= 15 is 0 Å². The van der Waals surface area contributed by atoms with E-state index in [9.17, 15) is 4.79 Å². The molecule has 0 atom stereocenters. The Morgan fingerprint density at radius 1 is 1.06 bits per heavy atom. The van der Waals surface area contributed by atoms with Crippen molar-refractivity contribution in [1.29, 1.82) is 0 Å². The molecule has 1 amide bonds. The minimum absolute atomic E-state index is 0.166. The highest BCUT2D eigenvalue weighted by Gasteiger charge is 2.23. The summed E-state index contributed by atoms with van der Waals surface area (Å²) < 4.78 is 11.9. The third-order valence-electron chi connectivity index (χ3n) is 6.29. The Morgan fingerprint density at radius 2 is 1.88 bits per heavy atom. The average molecular weight is 496 g/mol. The van der Waals surface area contributed by atoms with E-state index in [2.05, 4.69) is 49.1 Å². The van der Waals surface area contributed by atoms with E-state index in [0.717, 1.165) is 60.0 Å². The quantitative estimate of drug-likeness (QED) is 0.444. The summed E-state index contributed by atoms with van der Waals surface area (Å²) in [6.07, 6.45) is 0.378. The van der Waals surface area contributed by atoms with Crippen LogP contribution < -0.4 is 9.47 Å². The highest BCUT2D eigenvalue weighted by atomic mass is 32.2. The van der Waals surface area contributed by atoms with E-state index in [4.69, 9.17) is 14.5 Å². The van der Waals surface area contributed by atoms with Crippen molar-refractivity contribution in [2.45, 2.75) is 36.9 Å². The number of rotatable bonds is 7. The molecule has 178 valence electrons. The number of benzene rings is 2. The molecule has 34 heavy (non-hydrogen) atoms. The molecule has 6 nitrogen and oxygen atoms in total. The van der Waals surface area contributed by atoms with Crippen LogP contribution in [0.4, 0.5) is 0 Å². The summed E-state index contributed by atoms with van der Waals surface area (Å²) in [4.78, 5) is 21.9. The van der Waals surface area contributed by atoms with Gasteiger partial charge in [-0.25, -0.2) is 4.98 Å². The zero-order valence-electron chi connectivity index (χ0n) is 19.6. The van der Waals surface area contributed by atoms with Crippen molar-refractivity contribution in [3.63, 3.8) is 0 Å². The first kappa shape index (κ1) is 23.2. The zero-order chi connectivity index (χ0) is 23.5. The van der Waals surface area contributed by atoms with E-state index in [1.54, 1.807) is 23.1 Å². The Hall–Kier alpha value is -2.55. The number of fused-ring (bicyclic) bond motifs is 1. The van der Waals surface area contributed by atoms with Gasteiger partial charge in [0, 0.05) is 43.9 Å². The van der Waals surface area contributed by atoms with E-state index in [-0.39, 0.29) is 5.91 Å². The van der Waals surface area contributed by atoms with E-state index in [0.29, 0.717) is 13.2 Å². The SMILES string of the molecule is Cc1ccc(C)c(CSc2nc(CC(=O)N3CCN(Cc4ccc5c(c4)OCO5)CC3)cs2)c1. The lowest BCUT2D eigenvalue weighted by atomic mass is 10.1. The minimum Gasteiger partial charge on any atom is -0.454 e. The molecule has 1 aromatic heterocycles. The Kier molecular flexibility index (Phi) is 7.08. The number of nitrogens with zero attached hydrogens (tertiary/aromatic N) is 3. The van der Waals surface area contributed by atoms with Gasteiger partial charge >= 0.3 is 0 Å². The monoisotopic (exact) mass is 495 g/mol. The predicted molar refractivity (Wildman–Crippen MR) is 136 cm³/mol. The molecule has 1 fully saturated rings. The lowest BCUT2D eigenvalue weighted by Gasteiger charge is -2.34. The van der Waals surface area contributed by atoms with Gasteiger partial charge in [-0.05, 0) is 42.7 Å². The van der Waals surface area contributed by atoms with Gasteiger partial charge in [-0.15, -0.1) is 11.3 Å². The number of piperazine rings is 1. The summed E-state index contributed by atoms with van der Waals surface area (Å²) in [5.74, 6) is 2.70. The van der Waals surface area contributed by atoms with Crippen LogP contribution in [0.2, 0.25) is 0 Å². The molecular weight excluding hydrogens is 466 g/mol. The second-order valence-electron chi connectivity index (χ2n) is 8.84. The number of aryl methyl sites for hydroxylation is 2. The molecule has 5 rings (SSSR count). The third-order valence-corrected chi connectivity index (χ3v) is 8.41. The fourth-order valence-electron chi connectivity index (χ4n) is 4.25. The van der Waals surface area contributed by atoms with Gasteiger partial charge in [0.05, 0.1) is 12.1 Å². The van der Waals surface area contributed by atoms with Crippen molar-refractivity contribution in [2.24, 2.45) is 0 Å². The fraction of sp³-hybridized carbons (Fsp3) is 0.385. The molecule has 8 heteroatoms. The van der Waals surface area contributed by atoms with Crippen LogP contribution in [0, 0.1) is 13.8 Å². The first-order chi connectivity index (χ1) is 16.5. The normalized spacial score (nSPS) is 15.6. The topological polar surface area (TPSA) is 54.9 Å². The average Bonchev–Trinajstić information content (AvgIpc) is 3.49. The summed E-state index contributed by atoms with van der Waals surface area (Å²) in [6.45, 7) is 8.66. The van der Waals surface area contributed by atoms with Gasteiger partial charge in [-0.3, -0.25) is 9.69 Å². The number of thiazole rings is 1. The Labute approximate surface area is 208 Å². The van der Waals surface area contributed by atoms with Crippen LogP contribution in [0.1, 0.15) is 27.9 Å². The molecule has 2 aliphatic rings. The van der Waals surface area contributed by atoms with Crippen molar-refractivity contribution in [3.8, 4) is 11.5 Å². The van der Waals surface area contributed by atoms with Crippen molar-refractivity contribution < 1.29 is 14.3 Å². The number of thioether (sulfide) groups is 1. The third kappa shape index (κ3) is 5.56. The van der Waals surface area contributed by atoms with Crippen LogP contribution in [-0.2, 0) is 23.5 Å². The van der Waals surface area contributed by atoms with Crippen LogP contribution in [0.25, 0.3) is 0 Å². The van der Waals surface area contributed by atoms with Crippen LogP contribution in [0.15, 0.2) is 46.1 Å². The van der Waals surface area contributed by atoms with Crippen molar-refractivity contribution in [1.82, 2.24) is 14.8 Å². The Morgan fingerprint density at radius 3 is 2.74 bits per heavy atom. The van der Waals surface area contributed by atoms with Crippen LogP contribution in [-0.4, -0.2) is 53.7 Å².